The van der Waals surface area contributed by atoms with Crippen molar-refractivity contribution in [3.05, 3.63) is 30.1 Å². The molecule has 1 aromatic heterocycles. The molecule has 0 saturated heterocycles. The molecule has 17 heavy (non-hydrogen) atoms. The number of rotatable bonds is 7. The summed E-state index contributed by atoms with van der Waals surface area (Å²) in [5, 5.41) is 2.78. The number of carbonyl (C=O) groups is 2. The predicted molar refractivity (Wildman–Crippen MR) is 65.7 cm³/mol. The maximum atomic E-state index is 11.7. The van der Waals surface area contributed by atoms with E-state index in [9.17, 15) is 9.59 Å². The fourth-order valence-electron chi connectivity index (χ4n) is 1.39. The molecule has 4 heteroatoms. The van der Waals surface area contributed by atoms with Crippen LogP contribution in [0.25, 0.3) is 0 Å². The predicted octanol–water partition coefficient (Wildman–Crippen LogP) is 1.96. The molecule has 0 saturated carbocycles. The lowest BCUT2D eigenvalue weighted by Crippen LogP contribution is -2.24. The highest BCUT2D eigenvalue weighted by molar-refractivity contribution is 5.97. The molecule has 1 heterocycles. The number of hydrogen-bond acceptors (Lipinski definition) is 3. The van der Waals surface area contributed by atoms with Gasteiger partial charge < -0.3 is 5.32 Å². The highest BCUT2D eigenvalue weighted by Crippen LogP contribution is 2.03. The molecule has 0 spiro atoms. The van der Waals surface area contributed by atoms with Crippen LogP contribution >= 0.6 is 0 Å². The average Bonchev–Trinajstić information content (AvgIpc) is 2.37. The van der Waals surface area contributed by atoms with Gasteiger partial charge in [-0.2, -0.15) is 0 Å². The maximum absolute atomic E-state index is 11.7. The average molecular weight is 234 g/mol. The second-order valence-electron chi connectivity index (χ2n) is 3.87. The van der Waals surface area contributed by atoms with Crippen molar-refractivity contribution in [3.8, 4) is 0 Å². The molecule has 0 aliphatic heterocycles. The highest BCUT2D eigenvalue weighted by Gasteiger charge is 2.08. The van der Waals surface area contributed by atoms with Crippen LogP contribution in [0.4, 0.5) is 0 Å². The van der Waals surface area contributed by atoms with Gasteiger partial charge in [0.05, 0.1) is 0 Å². The summed E-state index contributed by atoms with van der Waals surface area (Å²) in [7, 11) is 0. The summed E-state index contributed by atoms with van der Waals surface area (Å²) >= 11 is 0. The Morgan fingerprint density at radius 1 is 1.35 bits per heavy atom. The molecule has 1 rings (SSSR count). The highest BCUT2D eigenvalue weighted by atomic mass is 16.2. The first kappa shape index (κ1) is 13.4. The van der Waals surface area contributed by atoms with Gasteiger partial charge in [-0.05, 0) is 18.6 Å². The number of Topliss-reactive ketones (excluding diaryl/α,β-unsaturated/α-hetero) is 1. The zero-order valence-electron chi connectivity index (χ0n) is 10.1. The van der Waals surface area contributed by atoms with Gasteiger partial charge >= 0.3 is 0 Å². The van der Waals surface area contributed by atoms with Gasteiger partial charge in [-0.3, -0.25) is 14.6 Å². The second-order valence-corrected chi connectivity index (χ2v) is 3.87. The normalized spacial score (nSPS) is 9.94. The van der Waals surface area contributed by atoms with Gasteiger partial charge in [-0.25, -0.2) is 0 Å². The molecule has 0 radical (unpaired) electrons. The molecule has 92 valence electrons. The van der Waals surface area contributed by atoms with Crippen LogP contribution in [0.1, 0.15) is 43.0 Å². The first-order valence-electron chi connectivity index (χ1n) is 5.94. The van der Waals surface area contributed by atoms with E-state index in [1.807, 2.05) is 0 Å². The molecular formula is C13H18N2O2. The van der Waals surface area contributed by atoms with Crippen molar-refractivity contribution in [2.45, 2.75) is 32.6 Å². The quantitative estimate of drug-likeness (QED) is 0.579. The van der Waals surface area contributed by atoms with Crippen molar-refractivity contribution in [2.75, 3.05) is 6.54 Å². The lowest BCUT2D eigenvalue weighted by molar-refractivity contribution is -0.121. The van der Waals surface area contributed by atoms with Crippen LogP contribution in [-0.2, 0) is 4.79 Å². The Labute approximate surface area is 101 Å². The van der Waals surface area contributed by atoms with Crippen LogP contribution in [0.3, 0.4) is 0 Å². The van der Waals surface area contributed by atoms with Gasteiger partial charge in [0.1, 0.15) is 0 Å². The first-order chi connectivity index (χ1) is 8.24. The van der Waals surface area contributed by atoms with Crippen molar-refractivity contribution >= 4 is 11.7 Å². The summed E-state index contributed by atoms with van der Waals surface area (Å²) in [4.78, 5) is 26.9. The third kappa shape index (κ3) is 5.24. The molecule has 0 aliphatic rings. The van der Waals surface area contributed by atoms with Crippen LogP contribution in [0.15, 0.2) is 24.5 Å². The second kappa shape index (κ2) is 7.54. The van der Waals surface area contributed by atoms with E-state index in [2.05, 4.69) is 17.2 Å². The minimum Gasteiger partial charge on any atom is -0.356 e. The van der Waals surface area contributed by atoms with E-state index in [0.717, 1.165) is 12.8 Å². The van der Waals surface area contributed by atoms with Crippen molar-refractivity contribution in [1.82, 2.24) is 10.3 Å². The fraction of sp³-hybridized carbons (Fsp3) is 0.462. The number of nitrogens with one attached hydrogen (secondary N) is 1. The molecule has 1 aromatic rings. The topological polar surface area (TPSA) is 59.1 Å². The van der Waals surface area contributed by atoms with Gasteiger partial charge in [0.2, 0.25) is 5.91 Å². The van der Waals surface area contributed by atoms with E-state index in [4.69, 9.17) is 0 Å². The number of unbranched alkanes of at least 4 members (excludes halogenated alkanes) is 1. The summed E-state index contributed by atoms with van der Waals surface area (Å²) < 4.78 is 0. The smallest absolute Gasteiger partial charge is 0.220 e. The number of amides is 1. The molecular weight excluding hydrogens is 216 g/mol. The molecule has 4 nitrogen and oxygen atoms in total. The van der Waals surface area contributed by atoms with E-state index in [0.29, 0.717) is 12.1 Å². The lowest BCUT2D eigenvalue weighted by atomic mass is 10.1. The number of hydrogen-bond donors (Lipinski definition) is 1. The summed E-state index contributed by atoms with van der Waals surface area (Å²) in [6.07, 6.45) is 5.66. The molecule has 0 fully saturated rings. The van der Waals surface area contributed by atoms with Gasteiger partial charge in [-0.15, -0.1) is 0 Å². The Kier molecular flexibility index (Phi) is 5.93. The third-order valence-electron chi connectivity index (χ3n) is 2.42. The van der Waals surface area contributed by atoms with Crippen molar-refractivity contribution in [1.29, 1.82) is 0 Å². The van der Waals surface area contributed by atoms with Gasteiger partial charge in [0.25, 0.3) is 0 Å². The molecule has 0 aliphatic carbocycles. The first-order valence-corrected chi connectivity index (χ1v) is 5.94. The standard InChI is InChI=1S/C13H18N2O2/c1-2-3-9-15-13(17)7-6-12(16)11-5-4-8-14-10-11/h4-5,8,10H,2-3,6-7,9H2,1H3,(H,15,17). The van der Waals surface area contributed by atoms with Crippen LogP contribution in [0.5, 0.6) is 0 Å². The summed E-state index contributed by atoms with van der Waals surface area (Å²) in [6.45, 7) is 2.76. The molecule has 0 aromatic carbocycles. The van der Waals surface area contributed by atoms with E-state index in [1.54, 1.807) is 18.3 Å². The zero-order valence-corrected chi connectivity index (χ0v) is 10.1. The van der Waals surface area contributed by atoms with Crippen molar-refractivity contribution in [3.63, 3.8) is 0 Å². The van der Waals surface area contributed by atoms with Crippen molar-refractivity contribution < 1.29 is 9.59 Å². The van der Waals surface area contributed by atoms with Gasteiger partial charge in [0.15, 0.2) is 5.78 Å². The van der Waals surface area contributed by atoms with Crippen molar-refractivity contribution in [2.24, 2.45) is 0 Å². The molecule has 1 N–H and O–H groups in total. The Hall–Kier alpha value is -1.71. The molecule has 1 amide bonds. The fourth-order valence-corrected chi connectivity index (χ4v) is 1.39. The lowest BCUT2D eigenvalue weighted by Gasteiger charge is -2.03. The number of carbonyl (C=O) groups excluding carboxylic acids is 2. The Balaban J connectivity index is 2.26. The molecule has 0 atom stereocenters. The number of pyridine rings is 1. The van der Waals surface area contributed by atoms with Gasteiger partial charge in [0, 0.05) is 37.3 Å². The molecule has 0 unspecified atom stereocenters. The van der Waals surface area contributed by atoms with Crippen LogP contribution in [0.2, 0.25) is 0 Å². The largest absolute Gasteiger partial charge is 0.356 e. The number of ketones is 1. The summed E-state index contributed by atoms with van der Waals surface area (Å²) in [6, 6.07) is 3.43. The Morgan fingerprint density at radius 3 is 2.82 bits per heavy atom. The Morgan fingerprint density at radius 2 is 2.18 bits per heavy atom. The van der Waals surface area contributed by atoms with Crippen LogP contribution in [-0.4, -0.2) is 23.2 Å². The Bertz CT molecular complexity index is 363. The summed E-state index contributed by atoms with van der Waals surface area (Å²) in [5.74, 6) is -0.0977. The minimum atomic E-state index is -0.0595. The molecule has 0 bridgehead atoms. The van der Waals surface area contributed by atoms with E-state index < -0.39 is 0 Å². The SMILES string of the molecule is CCCCNC(=O)CCC(=O)c1cccnc1. The van der Waals surface area contributed by atoms with Crippen LogP contribution in [0, 0.1) is 0 Å². The third-order valence-corrected chi connectivity index (χ3v) is 2.42. The minimum absolute atomic E-state index is 0.0382. The van der Waals surface area contributed by atoms with Crippen LogP contribution < -0.4 is 5.32 Å². The zero-order chi connectivity index (χ0) is 12.5. The van der Waals surface area contributed by atoms with E-state index in [1.165, 1.54) is 6.20 Å². The van der Waals surface area contributed by atoms with E-state index in [-0.39, 0.29) is 24.5 Å². The number of aromatic nitrogens is 1. The van der Waals surface area contributed by atoms with E-state index >= 15 is 0 Å². The van der Waals surface area contributed by atoms with Gasteiger partial charge in [-0.1, -0.05) is 13.3 Å². The maximum Gasteiger partial charge on any atom is 0.220 e. The number of nitrogens with zero attached hydrogens (tertiary/aromatic N) is 1. The summed E-state index contributed by atoms with van der Waals surface area (Å²) in [5.41, 5.74) is 0.564. The monoisotopic (exact) mass is 234 g/mol.